The number of nitrogens with zero attached hydrogens (tertiary/aromatic N) is 1. The molecule has 0 aliphatic rings. The number of benzene rings is 1. The number of nitrogens with two attached hydrogens (primary N) is 1. The van der Waals surface area contributed by atoms with Crippen LogP contribution in [0.3, 0.4) is 0 Å². The summed E-state index contributed by atoms with van der Waals surface area (Å²) in [7, 11) is 1.54. The number of hydrogen-bond acceptors (Lipinski definition) is 4. The van der Waals surface area contributed by atoms with Crippen LogP contribution in [0.5, 0.6) is 11.6 Å². The summed E-state index contributed by atoms with van der Waals surface area (Å²) in [6.45, 7) is 0.433. The SMILES string of the molecule is COc1ncccc1COc1ccc(C#CCN)c(F)c1. The Bertz CT molecular complexity index is 677. The van der Waals surface area contributed by atoms with Gasteiger partial charge < -0.3 is 15.2 Å². The van der Waals surface area contributed by atoms with Gasteiger partial charge in [0.25, 0.3) is 0 Å². The molecule has 2 N–H and O–H groups in total. The molecule has 0 fully saturated rings. The Kier molecular flexibility index (Phi) is 5.13. The van der Waals surface area contributed by atoms with E-state index >= 15 is 0 Å². The van der Waals surface area contributed by atoms with Crippen molar-refractivity contribution in [2.24, 2.45) is 5.73 Å². The summed E-state index contributed by atoms with van der Waals surface area (Å²) in [5.41, 5.74) is 6.34. The molecule has 0 saturated heterocycles. The first-order valence-corrected chi connectivity index (χ1v) is 6.33. The van der Waals surface area contributed by atoms with Crippen LogP contribution in [0.4, 0.5) is 4.39 Å². The lowest BCUT2D eigenvalue weighted by molar-refractivity contribution is 0.292. The molecule has 1 aromatic heterocycles. The van der Waals surface area contributed by atoms with Crippen LogP contribution in [0.1, 0.15) is 11.1 Å². The van der Waals surface area contributed by atoms with E-state index in [4.69, 9.17) is 15.2 Å². The average molecular weight is 286 g/mol. The Hall–Kier alpha value is -2.58. The van der Waals surface area contributed by atoms with Gasteiger partial charge in [-0.3, -0.25) is 0 Å². The molecule has 4 nitrogen and oxygen atoms in total. The van der Waals surface area contributed by atoms with Crippen molar-refractivity contribution in [3.05, 3.63) is 53.5 Å². The van der Waals surface area contributed by atoms with Crippen molar-refractivity contribution in [3.63, 3.8) is 0 Å². The minimum Gasteiger partial charge on any atom is -0.489 e. The molecule has 0 amide bonds. The highest BCUT2D eigenvalue weighted by molar-refractivity contribution is 5.40. The monoisotopic (exact) mass is 286 g/mol. The third-order valence-corrected chi connectivity index (χ3v) is 2.70. The Balaban J connectivity index is 2.08. The molecule has 1 aromatic carbocycles. The molecule has 2 aromatic rings. The highest BCUT2D eigenvalue weighted by Gasteiger charge is 2.06. The van der Waals surface area contributed by atoms with Crippen LogP contribution < -0.4 is 15.2 Å². The van der Waals surface area contributed by atoms with Crippen LogP contribution in [-0.4, -0.2) is 18.6 Å². The molecule has 21 heavy (non-hydrogen) atoms. The van der Waals surface area contributed by atoms with Crippen LogP contribution >= 0.6 is 0 Å². The van der Waals surface area contributed by atoms with Crippen molar-refractivity contribution in [1.29, 1.82) is 0 Å². The second-order valence-electron chi connectivity index (χ2n) is 4.11. The van der Waals surface area contributed by atoms with Gasteiger partial charge in [0.05, 0.1) is 24.8 Å². The van der Waals surface area contributed by atoms with Crippen molar-refractivity contribution in [1.82, 2.24) is 4.98 Å². The van der Waals surface area contributed by atoms with Gasteiger partial charge in [0, 0.05) is 12.3 Å². The fourth-order valence-corrected chi connectivity index (χ4v) is 1.71. The Labute approximate surface area is 122 Å². The highest BCUT2D eigenvalue weighted by atomic mass is 19.1. The van der Waals surface area contributed by atoms with E-state index in [1.54, 1.807) is 24.4 Å². The number of aromatic nitrogens is 1. The van der Waals surface area contributed by atoms with Crippen molar-refractivity contribution < 1.29 is 13.9 Å². The minimum absolute atomic E-state index is 0.193. The molecule has 0 atom stereocenters. The van der Waals surface area contributed by atoms with Crippen LogP contribution in [0.2, 0.25) is 0 Å². The number of ether oxygens (including phenoxy) is 2. The quantitative estimate of drug-likeness (QED) is 0.875. The highest BCUT2D eigenvalue weighted by Crippen LogP contribution is 2.20. The lowest BCUT2D eigenvalue weighted by atomic mass is 10.2. The number of rotatable bonds is 4. The molecule has 2 rings (SSSR count). The molecule has 1 heterocycles. The maximum Gasteiger partial charge on any atom is 0.219 e. The number of halogens is 1. The molecule has 0 aliphatic heterocycles. The number of methoxy groups -OCH3 is 1. The molecule has 0 unspecified atom stereocenters. The van der Waals surface area contributed by atoms with Gasteiger partial charge in [-0.1, -0.05) is 11.8 Å². The first kappa shape index (κ1) is 14.8. The molecular weight excluding hydrogens is 271 g/mol. The molecular formula is C16H15FN2O2. The Morgan fingerprint density at radius 2 is 2.19 bits per heavy atom. The topological polar surface area (TPSA) is 57.4 Å². The van der Waals surface area contributed by atoms with Gasteiger partial charge in [0.15, 0.2) is 0 Å². The third-order valence-electron chi connectivity index (χ3n) is 2.70. The summed E-state index contributed by atoms with van der Waals surface area (Å²) >= 11 is 0. The summed E-state index contributed by atoms with van der Waals surface area (Å²) < 4.78 is 24.5. The molecule has 5 heteroatoms. The molecule has 0 radical (unpaired) electrons. The fourth-order valence-electron chi connectivity index (χ4n) is 1.71. The van der Waals surface area contributed by atoms with Crippen molar-refractivity contribution in [2.45, 2.75) is 6.61 Å². The number of hydrogen-bond donors (Lipinski definition) is 1. The lowest BCUT2D eigenvalue weighted by Crippen LogP contribution is -2.00. The largest absolute Gasteiger partial charge is 0.489 e. The van der Waals surface area contributed by atoms with Gasteiger partial charge in [-0.25, -0.2) is 9.37 Å². The standard InChI is InChI=1S/C16H15FN2O2/c1-20-16-13(5-3-9-19-16)11-21-14-7-6-12(4-2-8-18)15(17)10-14/h3,5-7,9-10H,8,11,18H2,1H3. The zero-order chi connectivity index (χ0) is 15.1. The van der Waals surface area contributed by atoms with E-state index < -0.39 is 5.82 Å². The predicted molar refractivity (Wildman–Crippen MR) is 77.5 cm³/mol. The molecule has 0 aliphatic carbocycles. The van der Waals surface area contributed by atoms with Crippen LogP contribution in [0.15, 0.2) is 36.5 Å². The van der Waals surface area contributed by atoms with Gasteiger partial charge in [-0.05, 0) is 24.3 Å². The van der Waals surface area contributed by atoms with Crippen molar-refractivity contribution in [2.75, 3.05) is 13.7 Å². The van der Waals surface area contributed by atoms with Gasteiger partial charge >= 0.3 is 0 Å². The molecule has 0 spiro atoms. The van der Waals surface area contributed by atoms with E-state index in [0.29, 0.717) is 17.2 Å². The Morgan fingerprint density at radius 3 is 2.90 bits per heavy atom. The summed E-state index contributed by atoms with van der Waals surface area (Å²) in [6, 6.07) is 8.14. The average Bonchev–Trinajstić information content (AvgIpc) is 2.52. The van der Waals surface area contributed by atoms with E-state index in [2.05, 4.69) is 16.8 Å². The minimum atomic E-state index is -0.438. The molecule has 0 saturated carbocycles. The van der Waals surface area contributed by atoms with Crippen LogP contribution in [0, 0.1) is 17.7 Å². The van der Waals surface area contributed by atoms with E-state index in [0.717, 1.165) is 5.56 Å². The normalized spacial score (nSPS) is 9.67. The zero-order valence-electron chi connectivity index (χ0n) is 11.6. The van der Waals surface area contributed by atoms with Gasteiger partial charge in [0.1, 0.15) is 18.2 Å². The first-order chi connectivity index (χ1) is 10.2. The van der Waals surface area contributed by atoms with Crippen molar-refractivity contribution >= 4 is 0 Å². The van der Waals surface area contributed by atoms with Gasteiger partial charge in [-0.15, -0.1) is 0 Å². The summed E-state index contributed by atoms with van der Waals surface area (Å²) in [4.78, 5) is 4.07. The summed E-state index contributed by atoms with van der Waals surface area (Å²) in [5, 5.41) is 0. The third kappa shape index (κ3) is 3.94. The van der Waals surface area contributed by atoms with Crippen molar-refractivity contribution in [3.8, 4) is 23.5 Å². The van der Waals surface area contributed by atoms with Crippen LogP contribution in [0.25, 0.3) is 0 Å². The van der Waals surface area contributed by atoms with Gasteiger partial charge in [-0.2, -0.15) is 0 Å². The molecule has 0 bridgehead atoms. The second-order valence-corrected chi connectivity index (χ2v) is 4.11. The maximum absolute atomic E-state index is 13.8. The van der Waals surface area contributed by atoms with E-state index in [1.807, 2.05) is 6.07 Å². The zero-order valence-corrected chi connectivity index (χ0v) is 11.6. The fraction of sp³-hybridized carbons (Fsp3) is 0.188. The second kappa shape index (κ2) is 7.27. The first-order valence-electron chi connectivity index (χ1n) is 6.33. The van der Waals surface area contributed by atoms with Gasteiger partial charge in [0.2, 0.25) is 5.88 Å². The lowest BCUT2D eigenvalue weighted by Gasteiger charge is -2.09. The van der Waals surface area contributed by atoms with Crippen LogP contribution in [-0.2, 0) is 6.61 Å². The van der Waals surface area contributed by atoms with E-state index in [-0.39, 0.29) is 13.2 Å². The van der Waals surface area contributed by atoms with E-state index in [9.17, 15) is 4.39 Å². The maximum atomic E-state index is 13.8. The number of pyridine rings is 1. The Morgan fingerprint density at radius 1 is 1.33 bits per heavy atom. The smallest absolute Gasteiger partial charge is 0.219 e. The summed E-state index contributed by atoms with van der Waals surface area (Å²) in [6.07, 6.45) is 1.63. The summed E-state index contributed by atoms with van der Waals surface area (Å²) in [5.74, 6) is 5.73. The van der Waals surface area contributed by atoms with E-state index in [1.165, 1.54) is 13.2 Å². The predicted octanol–water partition coefficient (Wildman–Crippen LogP) is 2.12. The molecule has 108 valence electrons.